The number of aryl methyl sites for hydroxylation is 2. The summed E-state index contributed by atoms with van der Waals surface area (Å²) in [4.78, 5) is 30.6. The van der Waals surface area contributed by atoms with Crippen LogP contribution in [0, 0.1) is 31.4 Å². The Bertz CT molecular complexity index is 950. The second kappa shape index (κ2) is 8.14. The van der Waals surface area contributed by atoms with Crippen molar-refractivity contribution >= 4 is 17.5 Å². The number of benzene rings is 1. The van der Waals surface area contributed by atoms with Crippen LogP contribution in [0.2, 0.25) is 0 Å². The number of carbonyl (C=O) groups is 2. The normalized spacial score (nSPS) is 20.3. The summed E-state index contributed by atoms with van der Waals surface area (Å²) in [5, 5.41) is 3.98. The summed E-state index contributed by atoms with van der Waals surface area (Å²) in [7, 11) is 0. The molecule has 1 unspecified atom stereocenters. The summed E-state index contributed by atoms with van der Waals surface area (Å²) in [6, 6.07) is 3.10. The highest BCUT2D eigenvalue weighted by atomic mass is 19.1. The number of piperazine rings is 1. The van der Waals surface area contributed by atoms with Crippen LogP contribution in [-0.4, -0.2) is 59.5 Å². The molecule has 2 aliphatic rings. The van der Waals surface area contributed by atoms with Crippen molar-refractivity contribution in [2.24, 2.45) is 5.92 Å². The molecule has 2 amide bonds. The molecule has 4 rings (SSSR count). The minimum Gasteiger partial charge on any atom is -0.361 e. The average Bonchev–Trinajstić information content (AvgIpc) is 3.25. The van der Waals surface area contributed by atoms with Crippen LogP contribution >= 0.6 is 0 Å². The van der Waals surface area contributed by atoms with Crippen molar-refractivity contribution in [2.75, 3.05) is 37.6 Å². The first-order valence-corrected chi connectivity index (χ1v) is 10.0. The SMILES string of the molecule is Cc1noc(C)c1CN1CCN(C(=O)C2CC(=O)N(c3ccc(F)cc3F)C2)CC1. The summed E-state index contributed by atoms with van der Waals surface area (Å²) in [5.41, 5.74) is 1.97. The van der Waals surface area contributed by atoms with Crippen LogP contribution in [0.5, 0.6) is 0 Å². The Morgan fingerprint density at radius 3 is 2.57 bits per heavy atom. The van der Waals surface area contributed by atoms with E-state index in [9.17, 15) is 18.4 Å². The Balaban J connectivity index is 1.35. The second-order valence-electron chi connectivity index (χ2n) is 7.91. The predicted octanol–water partition coefficient (Wildman–Crippen LogP) is 2.27. The fourth-order valence-electron chi connectivity index (χ4n) is 4.14. The molecule has 0 radical (unpaired) electrons. The van der Waals surface area contributed by atoms with Gasteiger partial charge in [-0.15, -0.1) is 0 Å². The van der Waals surface area contributed by atoms with Gasteiger partial charge in [-0.1, -0.05) is 5.16 Å². The van der Waals surface area contributed by atoms with Crippen molar-refractivity contribution in [2.45, 2.75) is 26.8 Å². The van der Waals surface area contributed by atoms with Crippen molar-refractivity contribution < 1.29 is 22.9 Å². The van der Waals surface area contributed by atoms with Gasteiger partial charge < -0.3 is 14.3 Å². The summed E-state index contributed by atoms with van der Waals surface area (Å²) < 4.78 is 32.4. The summed E-state index contributed by atoms with van der Waals surface area (Å²) in [6.07, 6.45) is 0.0366. The molecule has 2 aliphatic heterocycles. The molecule has 9 heteroatoms. The topological polar surface area (TPSA) is 69.9 Å². The lowest BCUT2D eigenvalue weighted by atomic mass is 10.1. The van der Waals surface area contributed by atoms with Crippen molar-refractivity contribution in [1.82, 2.24) is 15.0 Å². The molecule has 7 nitrogen and oxygen atoms in total. The van der Waals surface area contributed by atoms with Crippen molar-refractivity contribution in [1.29, 1.82) is 0 Å². The molecule has 0 aliphatic carbocycles. The van der Waals surface area contributed by atoms with Gasteiger partial charge in [0.15, 0.2) is 0 Å². The molecular weight excluding hydrogens is 394 g/mol. The molecule has 1 aromatic carbocycles. The maximum Gasteiger partial charge on any atom is 0.228 e. The van der Waals surface area contributed by atoms with Gasteiger partial charge in [0, 0.05) is 57.3 Å². The van der Waals surface area contributed by atoms with E-state index in [1.807, 2.05) is 13.8 Å². The molecule has 0 spiro atoms. The Kier molecular flexibility index (Phi) is 5.55. The van der Waals surface area contributed by atoms with E-state index >= 15 is 0 Å². The molecule has 0 saturated carbocycles. The van der Waals surface area contributed by atoms with Crippen LogP contribution in [0.4, 0.5) is 14.5 Å². The quantitative estimate of drug-likeness (QED) is 0.762. The average molecular weight is 418 g/mol. The highest BCUT2D eigenvalue weighted by Gasteiger charge is 2.38. The largest absolute Gasteiger partial charge is 0.361 e. The standard InChI is InChI=1S/C21H24F2N4O3/c1-13-17(14(2)30-24-13)12-25-5-7-26(8-6-25)21(29)15-9-20(28)27(11-15)19-4-3-16(22)10-18(19)23/h3-4,10,15H,5-9,11-12H2,1-2H3. The first-order valence-electron chi connectivity index (χ1n) is 10.0. The minimum atomic E-state index is -0.801. The molecule has 160 valence electrons. The maximum absolute atomic E-state index is 14.1. The molecule has 0 N–H and O–H groups in total. The number of anilines is 1. The Hall–Kier alpha value is -2.81. The van der Waals surface area contributed by atoms with E-state index < -0.39 is 17.6 Å². The molecule has 3 heterocycles. The fraction of sp³-hybridized carbons (Fsp3) is 0.476. The smallest absolute Gasteiger partial charge is 0.228 e. The zero-order chi connectivity index (χ0) is 21.4. The van der Waals surface area contributed by atoms with Gasteiger partial charge in [0.25, 0.3) is 0 Å². The molecule has 1 atom stereocenters. The second-order valence-corrected chi connectivity index (χ2v) is 7.91. The lowest BCUT2D eigenvalue weighted by Gasteiger charge is -2.35. The maximum atomic E-state index is 14.1. The van der Waals surface area contributed by atoms with Gasteiger partial charge in [0.05, 0.1) is 17.3 Å². The number of nitrogens with zero attached hydrogens (tertiary/aromatic N) is 4. The molecule has 30 heavy (non-hydrogen) atoms. The van der Waals surface area contributed by atoms with Crippen molar-refractivity contribution in [3.8, 4) is 0 Å². The number of aromatic nitrogens is 1. The van der Waals surface area contributed by atoms with Crippen LogP contribution in [-0.2, 0) is 16.1 Å². The number of hydrogen-bond acceptors (Lipinski definition) is 5. The van der Waals surface area contributed by atoms with E-state index in [-0.39, 0.29) is 30.5 Å². The van der Waals surface area contributed by atoms with Crippen LogP contribution in [0.15, 0.2) is 22.7 Å². The lowest BCUT2D eigenvalue weighted by Crippen LogP contribution is -2.50. The monoisotopic (exact) mass is 418 g/mol. The van der Waals surface area contributed by atoms with Gasteiger partial charge in [-0.25, -0.2) is 8.78 Å². The lowest BCUT2D eigenvalue weighted by molar-refractivity contribution is -0.137. The third kappa shape index (κ3) is 3.94. The van der Waals surface area contributed by atoms with E-state index in [1.54, 1.807) is 4.90 Å². The van der Waals surface area contributed by atoms with Crippen molar-refractivity contribution in [3.05, 3.63) is 46.9 Å². The highest BCUT2D eigenvalue weighted by molar-refractivity contribution is 6.00. The van der Waals surface area contributed by atoms with Gasteiger partial charge in [-0.05, 0) is 26.0 Å². The van der Waals surface area contributed by atoms with Gasteiger partial charge in [-0.3, -0.25) is 14.5 Å². The molecule has 2 aromatic rings. The molecule has 2 saturated heterocycles. The van der Waals surface area contributed by atoms with Crippen molar-refractivity contribution in [3.63, 3.8) is 0 Å². The van der Waals surface area contributed by atoms with E-state index in [4.69, 9.17) is 4.52 Å². The summed E-state index contributed by atoms with van der Waals surface area (Å²) in [5.74, 6) is -1.63. The first-order chi connectivity index (χ1) is 14.3. The summed E-state index contributed by atoms with van der Waals surface area (Å²) in [6.45, 7) is 7.21. The van der Waals surface area contributed by atoms with E-state index in [0.717, 1.165) is 35.7 Å². The predicted molar refractivity (Wildman–Crippen MR) is 105 cm³/mol. The Morgan fingerprint density at radius 1 is 1.20 bits per heavy atom. The Labute approximate surface area is 173 Å². The fourth-order valence-corrected chi connectivity index (χ4v) is 4.14. The van der Waals surface area contributed by atoms with Gasteiger partial charge in [0.1, 0.15) is 17.4 Å². The molecule has 1 aromatic heterocycles. The van der Waals surface area contributed by atoms with Crippen LogP contribution in [0.25, 0.3) is 0 Å². The number of amides is 2. The molecule has 0 bridgehead atoms. The van der Waals surface area contributed by atoms with E-state index in [2.05, 4.69) is 10.1 Å². The molecule has 2 fully saturated rings. The third-order valence-corrected chi connectivity index (χ3v) is 5.92. The van der Waals surface area contributed by atoms with Gasteiger partial charge in [0.2, 0.25) is 11.8 Å². The van der Waals surface area contributed by atoms with Crippen LogP contribution in [0.3, 0.4) is 0 Å². The van der Waals surface area contributed by atoms with Crippen LogP contribution < -0.4 is 4.90 Å². The van der Waals surface area contributed by atoms with Gasteiger partial charge in [-0.2, -0.15) is 0 Å². The number of rotatable bonds is 4. The van der Waals surface area contributed by atoms with E-state index in [1.165, 1.54) is 11.0 Å². The highest BCUT2D eigenvalue weighted by Crippen LogP contribution is 2.29. The van der Waals surface area contributed by atoms with Crippen LogP contribution in [0.1, 0.15) is 23.4 Å². The number of halogens is 2. The third-order valence-electron chi connectivity index (χ3n) is 5.92. The minimum absolute atomic E-state index is 0.0148. The first kappa shape index (κ1) is 20.5. The number of carbonyl (C=O) groups excluding carboxylic acids is 2. The van der Waals surface area contributed by atoms with E-state index in [0.29, 0.717) is 26.2 Å². The molecular formula is C21H24F2N4O3. The van der Waals surface area contributed by atoms with Gasteiger partial charge >= 0.3 is 0 Å². The Morgan fingerprint density at radius 2 is 1.93 bits per heavy atom. The zero-order valence-electron chi connectivity index (χ0n) is 17.0. The number of hydrogen-bond donors (Lipinski definition) is 0. The zero-order valence-corrected chi connectivity index (χ0v) is 17.0. The summed E-state index contributed by atoms with van der Waals surface area (Å²) >= 11 is 0.